The number of nitrogens with zero attached hydrogens (tertiary/aromatic N) is 1. The zero-order valence-corrected chi connectivity index (χ0v) is 9.33. The fraction of sp³-hybridized carbons (Fsp3) is 0. The molecule has 18 heavy (non-hydrogen) atoms. The molecule has 5 nitrogen and oxygen atoms in total. The van der Waals surface area contributed by atoms with Crippen LogP contribution < -0.4 is 5.32 Å². The zero-order valence-electron chi connectivity index (χ0n) is 9.33. The fourth-order valence-electron chi connectivity index (χ4n) is 1.42. The van der Waals surface area contributed by atoms with Crippen molar-refractivity contribution < 1.29 is 14.7 Å². The molecule has 1 heterocycles. The van der Waals surface area contributed by atoms with Gasteiger partial charge in [-0.25, -0.2) is 9.78 Å². The monoisotopic (exact) mass is 242 g/mol. The van der Waals surface area contributed by atoms with Crippen LogP contribution in [0.25, 0.3) is 0 Å². The van der Waals surface area contributed by atoms with E-state index in [0.717, 1.165) is 0 Å². The van der Waals surface area contributed by atoms with Crippen LogP contribution in [0.3, 0.4) is 0 Å². The summed E-state index contributed by atoms with van der Waals surface area (Å²) in [6.07, 6.45) is 1.34. The number of anilines is 1. The van der Waals surface area contributed by atoms with Gasteiger partial charge in [0.05, 0.1) is 0 Å². The lowest BCUT2D eigenvalue weighted by Crippen LogP contribution is -2.12. The molecule has 1 amide bonds. The van der Waals surface area contributed by atoms with Crippen molar-refractivity contribution in [2.24, 2.45) is 0 Å². The smallest absolute Gasteiger partial charge is 0.354 e. The van der Waals surface area contributed by atoms with Gasteiger partial charge >= 0.3 is 5.97 Å². The average molecular weight is 242 g/mol. The second-order valence-electron chi connectivity index (χ2n) is 3.56. The average Bonchev–Trinajstić information content (AvgIpc) is 2.40. The summed E-state index contributed by atoms with van der Waals surface area (Å²) in [6.45, 7) is 0. The number of hydrogen-bond donors (Lipinski definition) is 2. The summed E-state index contributed by atoms with van der Waals surface area (Å²) in [5.41, 5.74) is 0.795. The molecular formula is C13H10N2O3. The van der Waals surface area contributed by atoms with Gasteiger partial charge < -0.3 is 10.4 Å². The second-order valence-corrected chi connectivity index (χ2v) is 3.56. The van der Waals surface area contributed by atoms with Crippen LogP contribution in [0.5, 0.6) is 0 Å². The summed E-state index contributed by atoms with van der Waals surface area (Å²) in [5, 5.41) is 11.4. The number of pyridine rings is 1. The lowest BCUT2D eigenvalue weighted by molar-refractivity contribution is 0.0690. The van der Waals surface area contributed by atoms with Crippen molar-refractivity contribution in [3.8, 4) is 0 Å². The summed E-state index contributed by atoms with van der Waals surface area (Å²) in [6, 6.07) is 11.5. The highest BCUT2D eigenvalue weighted by molar-refractivity contribution is 6.04. The van der Waals surface area contributed by atoms with Crippen molar-refractivity contribution in [2.45, 2.75) is 0 Å². The number of carboxylic acids is 1. The number of rotatable bonds is 3. The maximum Gasteiger partial charge on any atom is 0.354 e. The van der Waals surface area contributed by atoms with Crippen LogP contribution in [-0.2, 0) is 0 Å². The molecule has 2 N–H and O–H groups in total. The number of nitrogens with one attached hydrogen (secondary N) is 1. The second kappa shape index (κ2) is 5.09. The van der Waals surface area contributed by atoms with Gasteiger partial charge in [0.2, 0.25) is 0 Å². The standard InChI is InChI=1S/C13H10N2O3/c16-12(9-4-2-1-3-5-9)15-10-6-7-14-11(8-10)13(17)18/h1-8H,(H,17,18)(H,14,15,16). The normalized spacial score (nSPS) is 9.78. The third kappa shape index (κ3) is 2.70. The molecule has 0 saturated carbocycles. The number of hydrogen-bond acceptors (Lipinski definition) is 3. The minimum absolute atomic E-state index is 0.110. The molecule has 0 atom stereocenters. The molecule has 2 rings (SSSR count). The minimum Gasteiger partial charge on any atom is -0.477 e. The number of amides is 1. The van der Waals surface area contributed by atoms with Crippen LogP contribution in [0.4, 0.5) is 5.69 Å². The van der Waals surface area contributed by atoms with E-state index in [2.05, 4.69) is 10.3 Å². The first-order chi connectivity index (χ1) is 8.66. The van der Waals surface area contributed by atoms with Gasteiger partial charge in [-0.1, -0.05) is 18.2 Å². The van der Waals surface area contributed by atoms with Crippen LogP contribution in [0.2, 0.25) is 0 Å². The van der Waals surface area contributed by atoms with Gasteiger partial charge in [-0.3, -0.25) is 4.79 Å². The number of carbonyl (C=O) groups excluding carboxylic acids is 1. The van der Waals surface area contributed by atoms with Gasteiger partial charge in [0.25, 0.3) is 5.91 Å². The molecule has 0 fully saturated rings. The Morgan fingerprint density at radius 2 is 1.83 bits per heavy atom. The highest BCUT2D eigenvalue weighted by atomic mass is 16.4. The molecular weight excluding hydrogens is 232 g/mol. The van der Waals surface area contributed by atoms with Crippen LogP contribution in [-0.4, -0.2) is 22.0 Å². The summed E-state index contributed by atoms with van der Waals surface area (Å²) in [7, 11) is 0. The Morgan fingerprint density at radius 1 is 1.11 bits per heavy atom. The van der Waals surface area contributed by atoms with Crippen molar-refractivity contribution >= 4 is 17.6 Å². The SMILES string of the molecule is O=C(Nc1ccnc(C(=O)O)c1)c1ccccc1. The summed E-state index contributed by atoms with van der Waals surface area (Å²) in [5.74, 6) is -1.43. The predicted molar refractivity (Wildman–Crippen MR) is 65.6 cm³/mol. The molecule has 90 valence electrons. The number of aromatic nitrogens is 1. The Balaban J connectivity index is 2.17. The Labute approximate surface area is 103 Å². The van der Waals surface area contributed by atoms with Gasteiger partial charge in [0.15, 0.2) is 0 Å². The number of carbonyl (C=O) groups is 2. The van der Waals surface area contributed by atoms with Crippen LogP contribution in [0.15, 0.2) is 48.7 Å². The van der Waals surface area contributed by atoms with Gasteiger partial charge in [-0.2, -0.15) is 0 Å². The third-order valence-corrected chi connectivity index (χ3v) is 2.27. The largest absolute Gasteiger partial charge is 0.477 e. The lowest BCUT2D eigenvalue weighted by Gasteiger charge is -2.05. The van der Waals surface area contributed by atoms with E-state index in [1.54, 1.807) is 24.3 Å². The Bertz CT molecular complexity index is 582. The van der Waals surface area contributed by atoms with E-state index in [1.807, 2.05) is 6.07 Å². The van der Waals surface area contributed by atoms with Crippen LogP contribution in [0, 0.1) is 0 Å². The first-order valence-corrected chi connectivity index (χ1v) is 5.22. The van der Waals surface area contributed by atoms with E-state index in [0.29, 0.717) is 11.3 Å². The molecule has 0 saturated heterocycles. The lowest BCUT2D eigenvalue weighted by atomic mass is 10.2. The van der Waals surface area contributed by atoms with E-state index in [4.69, 9.17) is 5.11 Å². The van der Waals surface area contributed by atoms with Gasteiger partial charge in [-0.15, -0.1) is 0 Å². The first-order valence-electron chi connectivity index (χ1n) is 5.22. The molecule has 0 aliphatic carbocycles. The summed E-state index contributed by atoms with van der Waals surface area (Å²) < 4.78 is 0. The molecule has 0 aliphatic heterocycles. The van der Waals surface area contributed by atoms with Crippen LogP contribution >= 0.6 is 0 Å². The molecule has 0 radical (unpaired) electrons. The fourth-order valence-corrected chi connectivity index (χ4v) is 1.42. The maximum absolute atomic E-state index is 11.8. The van der Waals surface area contributed by atoms with E-state index in [1.165, 1.54) is 18.3 Å². The van der Waals surface area contributed by atoms with E-state index >= 15 is 0 Å². The molecule has 1 aromatic heterocycles. The zero-order chi connectivity index (χ0) is 13.0. The summed E-state index contributed by atoms with van der Waals surface area (Å²) >= 11 is 0. The molecule has 2 aromatic rings. The molecule has 5 heteroatoms. The van der Waals surface area contributed by atoms with Crippen molar-refractivity contribution in [1.29, 1.82) is 0 Å². The molecule has 0 spiro atoms. The maximum atomic E-state index is 11.8. The third-order valence-electron chi connectivity index (χ3n) is 2.27. The molecule has 1 aromatic carbocycles. The van der Waals surface area contributed by atoms with Crippen molar-refractivity contribution in [1.82, 2.24) is 4.98 Å². The Morgan fingerprint density at radius 3 is 2.50 bits per heavy atom. The Kier molecular flexibility index (Phi) is 3.33. The number of benzene rings is 1. The van der Waals surface area contributed by atoms with Crippen LogP contribution in [0.1, 0.15) is 20.8 Å². The Hall–Kier alpha value is -2.69. The highest BCUT2D eigenvalue weighted by Gasteiger charge is 2.08. The quantitative estimate of drug-likeness (QED) is 0.863. The topological polar surface area (TPSA) is 79.3 Å². The number of carboxylic acid groups (broad SMARTS) is 1. The van der Waals surface area contributed by atoms with Crippen molar-refractivity contribution in [3.05, 3.63) is 59.9 Å². The van der Waals surface area contributed by atoms with Crippen molar-refractivity contribution in [3.63, 3.8) is 0 Å². The van der Waals surface area contributed by atoms with E-state index in [-0.39, 0.29) is 11.6 Å². The molecule has 0 unspecified atom stereocenters. The van der Waals surface area contributed by atoms with Gasteiger partial charge in [0, 0.05) is 17.4 Å². The predicted octanol–water partition coefficient (Wildman–Crippen LogP) is 2.03. The highest BCUT2D eigenvalue weighted by Crippen LogP contribution is 2.10. The van der Waals surface area contributed by atoms with Gasteiger partial charge in [-0.05, 0) is 24.3 Å². The first kappa shape index (κ1) is 11.8. The minimum atomic E-state index is -1.13. The van der Waals surface area contributed by atoms with Gasteiger partial charge in [0.1, 0.15) is 5.69 Å². The number of aromatic carboxylic acids is 1. The van der Waals surface area contributed by atoms with E-state index in [9.17, 15) is 9.59 Å². The van der Waals surface area contributed by atoms with E-state index < -0.39 is 5.97 Å². The molecule has 0 bridgehead atoms. The van der Waals surface area contributed by atoms with Crippen molar-refractivity contribution in [2.75, 3.05) is 5.32 Å². The molecule has 0 aliphatic rings. The summed E-state index contributed by atoms with van der Waals surface area (Å²) in [4.78, 5) is 26.2.